The van der Waals surface area contributed by atoms with E-state index >= 15 is 0 Å². The number of alkyl halides is 2. The van der Waals surface area contributed by atoms with E-state index in [2.05, 4.69) is 0 Å². The normalized spacial score (nSPS) is 18.7. The average molecular weight is 222 g/mol. The standard InChI is InChI=1S/C12H21F3/c1-4-11(10(3)8-14)7-9(2)12(15)5-6-13/h8-9,11-12H,4-7H2,1-3H3/b10-8+/t9-,11?,12+/m1/s1. The van der Waals surface area contributed by atoms with Crippen molar-refractivity contribution >= 4 is 0 Å². The van der Waals surface area contributed by atoms with Crippen molar-refractivity contribution in [1.29, 1.82) is 0 Å². The first-order valence-corrected chi connectivity index (χ1v) is 5.53. The number of allylic oxidation sites excluding steroid dienone is 1. The Bertz CT molecular complexity index is 189. The first-order valence-electron chi connectivity index (χ1n) is 5.53. The van der Waals surface area contributed by atoms with Gasteiger partial charge in [0.2, 0.25) is 0 Å². The minimum atomic E-state index is -1.11. The maximum atomic E-state index is 13.3. The Morgan fingerprint density at radius 1 is 1.40 bits per heavy atom. The highest BCUT2D eigenvalue weighted by Crippen LogP contribution is 2.27. The van der Waals surface area contributed by atoms with Crippen LogP contribution in [0, 0.1) is 11.8 Å². The summed E-state index contributed by atoms with van der Waals surface area (Å²) in [5, 5.41) is 0. The van der Waals surface area contributed by atoms with Crippen LogP contribution in [0.1, 0.15) is 40.0 Å². The third-order valence-corrected chi connectivity index (χ3v) is 2.97. The molecular formula is C12H21F3. The molecule has 0 aromatic rings. The first kappa shape index (κ1) is 14.5. The van der Waals surface area contributed by atoms with Gasteiger partial charge in [-0.1, -0.05) is 13.8 Å². The largest absolute Gasteiger partial charge is 0.251 e. The Morgan fingerprint density at radius 3 is 2.40 bits per heavy atom. The summed E-state index contributed by atoms with van der Waals surface area (Å²) in [4.78, 5) is 0. The van der Waals surface area contributed by atoms with Gasteiger partial charge >= 0.3 is 0 Å². The lowest BCUT2D eigenvalue weighted by atomic mass is 9.86. The Labute approximate surface area is 90.6 Å². The zero-order valence-electron chi connectivity index (χ0n) is 9.77. The van der Waals surface area contributed by atoms with Crippen LogP contribution in [0.2, 0.25) is 0 Å². The number of hydrogen-bond donors (Lipinski definition) is 0. The second-order valence-corrected chi connectivity index (χ2v) is 4.16. The summed E-state index contributed by atoms with van der Waals surface area (Å²) in [5.41, 5.74) is 0.650. The molecule has 3 atom stereocenters. The van der Waals surface area contributed by atoms with Crippen LogP contribution in [-0.4, -0.2) is 12.8 Å². The molecule has 0 nitrogen and oxygen atoms in total. The maximum Gasteiger partial charge on any atom is 0.105 e. The Hall–Kier alpha value is -0.470. The lowest BCUT2D eigenvalue weighted by Gasteiger charge is -2.22. The van der Waals surface area contributed by atoms with Gasteiger partial charge in [-0.25, -0.2) is 8.78 Å². The predicted molar refractivity (Wildman–Crippen MR) is 57.9 cm³/mol. The molecule has 90 valence electrons. The van der Waals surface area contributed by atoms with E-state index in [1.165, 1.54) is 0 Å². The summed E-state index contributed by atoms with van der Waals surface area (Å²) in [5.74, 6) is -0.136. The minimum absolute atomic E-state index is 0.0456. The molecule has 15 heavy (non-hydrogen) atoms. The predicted octanol–water partition coefficient (Wildman–Crippen LogP) is 4.61. The van der Waals surface area contributed by atoms with Gasteiger partial charge in [0.15, 0.2) is 0 Å². The van der Waals surface area contributed by atoms with Gasteiger partial charge in [0.05, 0.1) is 13.0 Å². The van der Waals surface area contributed by atoms with Crippen molar-refractivity contribution in [2.24, 2.45) is 11.8 Å². The third kappa shape index (κ3) is 5.24. The topological polar surface area (TPSA) is 0 Å². The average Bonchev–Trinajstić information content (AvgIpc) is 2.24. The van der Waals surface area contributed by atoms with Gasteiger partial charge in [0.25, 0.3) is 0 Å². The van der Waals surface area contributed by atoms with E-state index in [1.54, 1.807) is 13.8 Å². The number of rotatable bonds is 7. The van der Waals surface area contributed by atoms with Crippen molar-refractivity contribution in [2.45, 2.75) is 46.2 Å². The Morgan fingerprint density at radius 2 is 2.00 bits per heavy atom. The molecule has 0 aliphatic heterocycles. The molecule has 0 amide bonds. The molecule has 0 aromatic carbocycles. The van der Waals surface area contributed by atoms with Crippen LogP contribution in [0.3, 0.4) is 0 Å². The van der Waals surface area contributed by atoms with Gasteiger partial charge < -0.3 is 0 Å². The van der Waals surface area contributed by atoms with Gasteiger partial charge in [0.1, 0.15) is 6.17 Å². The Kier molecular flexibility index (Phi) is 7.53. The lowest BCUT2D eigenvalue weighted by molar-refractivity contribution is 0.188. The van der Waals surface area contributed by atoms with E-state index < -0.39 is 12.8 Å². The molecule has 0 fully saturated rings. The quantitative estimate of drug-likeness (QED) is 0.590. The van der Waals surface area contributed by atoms with Crippen LogP contribution < -0.4 is 0 Å². The van der Waals surface area contributed by atoms with Crippen molar-refractivity contribution in [3.05, 3.63) is 11.9 Å². The van der Waals surface area contributed by atoms with Crippen LogP contribution in [0.15, 0.2) is 11.9 Å². The van der Waals surface area contributed by atoms with Crippen molar-refractivity contribution < 1.29 is 13.2 Å². The molecular weight excluding hydrogens is 201 g/mol. The van der Waals surface area contributed by atoms with E-state index in [9.17, 15) is 13.2 Å². The van der Waals surface area contributed by atoms with Gasteiger partial charge in [-0.3, -0.25) is 4.39 Å². The molecule has 0 bridgehead atoms. The second-order valence-electron chi connectivity index (χ2n) is 4.16. The summed E-state index contributed by atoms with van der Waals surface area (Å²) >= 11 is 0. The van der Waals surface area contributed by atoms with Gasteiger partial charge in [-0.05, 0) is 37.2 Å². The summed E-state index contributed by atoms with van der Waals surface area (Å²) in [6, 6.07) is 0. The molecule has 0 radical (unpaired) electrons. The van der Waals surface area contributed by atoms with E-state index in [0.29, 0.717) is 18.3 Å². The molecule has 0 spiro atoms. The fraction of sp³-hybridized carbons (Fsp3) is 0.833. The molecule has 0 saturated heterocycles. The zero-order valence-corrected chi connectivity index (χ0v) is 9.77. The summed E-state index contributed by atoms with van der Waals surface area (Å²) in [6.07, 6.45) is 0.804. The maximum absolute atomic E-state index is 13.3. The molecule has 0 heterocycles. The highest BCUT2D eigenvalue weighted by molar-refractivity contribution is 4.99. The SMILES string of the molecule is CCC(C[C@@H](C)[C@@H](F)CCF)/C(C)=C/F. The van der Waals surface area contributed by atoms with E-state index in [-0.39, 0.29) is 18.3 Å². The van der Waals surface area contributed by atoms with Gasteiger partial charge in [-0.15, -0.1) is 0 Å². The van der Waals surface area contributed by atoms with E-state index in [1.807, 2.05) is 6.92 Å². The van der Waals surface area contributed by atoms with Gasteiger partial charge in [0, 0.05) is 6.42 Å². The minimum Gasteiger partial charge on any atom is -0.251 e. The van der Waals surface area contributed by atoms with Crippen LogP contribution in [0.25, 0.3) is 0 Å². The third-order valence-electron chi connectivity index (χ3n) is 2.97. The van der Waals surface area contributed by atoms with Gasteiger partial charge in [-0.2, -0.15) is 0 Å². The van der Waals surface area contributed by atoms with Crippen molar-refractivity contribution in [3.8, 4) is 0 Å². The molecule has 1 unspecified atom stereocenters. The summed E-state index contributed by atoms with van der Waals surface area (Å²) in [7, 11) is 0. The van der Waals surface area contributed by atoms with E-state index in [4.69, 9.17) is 0 Å². The highest BCUT2D eigenvalue weighted by atomic mass is 19.1. The number of hydrogen-bond acceptors (Lipinski definition) is 0. The summed E-state index contributed by atoms with van der Waals surface area (Å²) in [6.45, 7) is 4.80. The molecule has 0 N–H and O–H groups in total. The smallest absolute Gasteiger partial charge is 0.105 e. The fourth-order valence-electron chi connectivity index (χ4n) is 1.75. The van der Waals surface area contributed by atoms with Crippen LogP contribution in [0.4, 0.5) is 13.2 Å². The first-order chi connectivity index (χ1) is 7.06. The summed E-state index contributed by atoms with van der Waals surface area (Å²) < 4.78 is 37.6. The highest BCUT2D eigenvalue weighted by Gasteiger charge is 2.20. The fourth-order valence-corrected chi connectivity index (χ4v) is 1.75. The molecule has 3 heteroatoms. The van der Waals surface area contributed by atoms with Crippen LogP contribution in [0.5, 0.6) is 0 Å². The lowest BCUT2D eigenvalue weighted by Crippen LogP contribution is -2.17. The molecule has 0 aliphatic carbocycles. The van der Waals surface area contributed by atoms with E-state index in [0.717, 1.165) is 6.42 Å². The van der Waals surface area contributed by atoms with Crippen LogP contribution >= 0.6 is 0 Å². The van der Waals surface area contributed by atoms with Crippen LogP contribution in [-0.2, 0) is 0 Å². The molecule has 0 aliphatic rings. The van der Waals surface area contributed by atoms with Crippen molar-refractivity contribution in [3.63, 3.8) is 0 Å². The number of halogens is 3. The van der Waals surface area contributed by atoms with Crippen molar-refractivity contribution in [2.75, 3.05) is 6.67 Å². The molecule has 0 rings (SSSR count). The molecule has 0 saturated carbocycles. The molecule has 0 aromatic heterocycles. The zero-order chi connectivity index (χ0) is 11.8. The Balaban J connectivity index is 4.17. The monoisotopic (exact) mass is 222 g/mol. The van der Waals surface area contributed by atoms with Crippen molar-refractivity contribution in [1.82, 2.24) is 0 Å². The second kappa shape index (κ2) is 7.77.